The number of carbonyl (C=O) groups excluding carboxylic acids is 2. The van der Waals surface area contributed by atoms with Crippen LogP contribution >= 0.6 is 0 Å². The second kappa shape index (κ2) is 7.71. The molecule has 0 saturated heterocycles. The molecule has 154 valence electrons. The van der Waals surface area contributed by atoms with Crippen LogP contribution < -0.4 is 10.6 Å². The Hall–Kier alpha value is -3.53. The van der Waals surface area contributed by atoms with Gasteiger partial charge >= 0.3 is 11.8 Å². The Morgan fingerprint density at radius 2 is 1.73 bits per heavy atom. The second-order valence-electron chi connectivity index (χ2n) is 7.05. The van der Waals surface area contributed by atoms with E-state index in [4.69, 9.17) is 0 Å². The van der Waals surface area contributed by atoms with Gasteiger partial charge in [-0.15, -0.1) is 0 Å². The summed E-state index contributed by atoms with van der Waals surface area (Å²) in [6, 6.07) is 10.8. The summed E-state index contributed by atoms with van der Waals surface area (Å²) in [5.41, 5.74) is 3.28. The number of aryl methyl sites for hydroxylation is 1. The van der Waals surface area contributed by atoms with Crippen LogP contribution in [0.1, 0.15) is 22.4 Å². The van der Waals surface area contributed by atoms with Crippen LogP contribution in [0.25, 0.3) is 5.69 Å². The minimum atomic E-state index is -3.33. The zero-order valence-corrected chi connectivity index (χ0v) is 16.9. The minimum absolute atomic E-state index is 0.165. The van der Waals surface area contributed by atoms with E-state index in [1.54, 1.807) is 24.5 Å². The van der Waals surface area contributed by atoms with Crippen LogP contribution in [-0.4, -0.2) is 35.0 Å². The maximum atomic E-state index is 12.5. The molecule has 3 heterocycles. The Morgan fingerprint density at radius 3 is 2.43 bits per heavy atom. The van der Waals surface area contributed by atoms with E-state index in [-0.39, 0.29) is 23.9 Å². The van der Waals surface area contributed by atoms with Gasteiger partial charge in [-0.05, 0) is 36.8 Å². The molecule has 1 aliphatic rings. The molecule has 3 aromatic rings. The lowest BCUT2D eigenvalue weighted by atomic mass is 10.2. The number of carbonyl (C=O) groups is 2. The van der Waals surface area contributed by atoms with E-state index in [0.29, 0.717) is 16.9 Å². The monoisotopic (exact) mass is 425 g/mol. The highest BCUT2D eigenvalue weighted by Crippen LogP contribution is 2.32. The first-order valence-electron chi connectivity index (χ1n) is 9.19. The molecule has 2 N–H and O–H groups in total. The average molecular weight is 425 g/mol. The number of benzene rings is 1. The highest BCUT2D eigenvalue weighted by molar-refractivity contribution is 7.90. The van der Waals surface area contributed by atoms with Crippen molar-refractivity contribution in [1.29, 1.82) is 0 Å². The molecule has 30 heavy (non-hydrogen) atoms. The third-order valence-electron chi connectivity index (χ3n) is 4.71. The molecule has 1 aromatic carbocycles. The number of rotatable bonds is 4. The maximum absolute atomic E-state index is 12.5. The quantitative estimate of drug-likeness (QED) is 0.607. The number of hydrogen-bond acceptors (Lipinski definition) is 6. The SMILES string of the molecule is Cc1ccc(-n2nc3c(c2NC(=O)C(=O)NCc2ccncc2)CS(=O)(=O)C3)cc1. The Balaban J connectivity index is 1.58. The van der Waals surface area contributed by atoms with Crippen LogP contribution in [0, 0.1) is 6.92 Å². The van der Waals surface area contributed by atoms with E-state index < -0.39 is 21.7 Å². The largest absolute Gasteiger partial charge is 0.344 e. The van der Waals surface area contributed by atoms with E-state index in [0.717, 1.165) is 11.1 Å². The van der Waals surface area contributed by atoms with Crippen LogP contribution in [0.2, 0.25) is 0 Å². The minimum Gasteiger partial charge on any atom is -0.344 e. The predicted molar refractivity (Wildman–Crippen MR) is 109 cm³/mol. The van der Waals surface area contributed by atoms with Crippen molar-refractivity contribution >= 4 is 27.5 Å². The number of nitrogens with zero attached hydrogens (tertiary/aromatic N) is 3. The molecule has 0 radical (unpaired) electrons. The molecule has 1 aliphatic heterocycles. The number of amides is 2. The van der Waals surface area contributed by atoms with Gasteiger partial charge in [0.25, 0.3) is 0 Å². The molecular formula is C20H19N5O4S. The van der Waals surface area contributed by atoms with E-state index in [1.807, 2.05) is 31.2 Å². The van der Waals surface area contributed by atoms with E-state index in [9.17, 15) is 18.0 Å². The number of anilines is 1. The number of pyridine rings is 1. The lowest BCUT2D eigenvalue weighted by molar-refractivity contribution is -0.136. The molecule has 10 heteroatoms. The highest BCUT2D eigenvalue weighted by Gasteiger charge is 2.33. The van der Waals surface area contributed by atoms with Crippen molar-refractivity contribution < 1.29 is 18.0 Å². The summed E-state index contributed by atoms with van der Waals surface area (Å²) in [5, 5.41) is 9.46. The highest BCUT2D eigenvalue weighted by atomic mass is 32.2. The molecule has 0 bridgehead atoms. The summed E-state index contributed by atoms with van der Waals surface area (Å²) < 4.78 is 25.5. The first-order valence-corrected chi connectivity index (χ1v) is 11.0. The van der Waals surface area contributed by atoms with E-state index >= 15 is 0 Å². The fourth-order valence-electron chi connectivity index (χ4n) is 3.17. The summed E-state index contributed by atoms with van der Waals surface area (Å²) in [4.78, 5) is 28.7. The molecule has 0 spiro atoms. The van der Waals surface area contributed by atoms with Gasteiger partial charge in [0.2, 0.25) is 0 Å². The van der Waals surface area contributed by atoms with Gasteiger partial charge in [0.15, 0.2) is 9.84 Å². The zero-order valence-electron chi connectivity index (χ0n) is 16.1. The van der Waals surface area contributed by atoms with Crippen LogP contribution in [0.3, 0.4) is 0 Å². The number of fused-ring (bicyclic) bond motifs is 1. The van der Waals surface area contributed by atoms with Crippen molar-refractivity contribution in [2.75, 3.05) is 5.32 Å². The number of hydrogen-bond donors (Lipinski definition) is 2. The molecule has 9 nitrogen and oxygen atoms in total. The van der Waals surface area contributed by atoms with Crippen molar-refractivity contribution in [3.63, 3.8) is 0 Å². The molecule has 0 fully saturated rings. The predicted octanol–water partition coefficient (Wildman–Crippen LogP) is 1.26. The number of sulfone groups is 1. The van der Waals surface area contributed by atoms with Crippen molar-refractivity contribution in [1.82, 2.24) is 20.1 Å². The normalized spacial score (nSPS) is 14.2. The molecule has 2 amide bonds. The summed E-state index contributed by atoms with van der Waals surface area (Å²) in [7, 11) is -3.33. The third-order valence-corrected chi connectivity index (χ3v) is 6.15. The topological polar surface area (TPSA) is 123 Å². The average Bonchev–Trinajstić information content (AvgIpc) is 3.20. The van der Waals surface area contributed by atoms with Crippen LogP contribution in [0.5, 0.6) is 0 Å². The molecule has 4 rings (SSSR count). The molecular weight excluding hydrogens is 406 g/mol. The molecule has 0 atom stereocenters. The lowest BCUT2D eigenvalue weighted by Crippen LogP contribution is -2.35. The van der Waals surface area contributed by atoms with Crippen LogP contribution in [-0.2, 0) is 37.5 Å². The smallest absolute Gasteiger partial charge is 0.314 e. The molecule has 0 saturated carbocycles. The summed E-state index contributed by atoms with van der Waals surface area (Å²) in [5.74, 6) is -1.97. The van der Waals surface area contributed by atoms with E-state index in [2.05, 4.69) is 20.7 Å². The Kier molecular flexibility index (Phi) is 5.08. The van der Waals surface area contributed by atoms with Gasteiger partial charge in [0, 0.05) is 24.5 Å². The van der Waals surface area contributed by atoms with Crippen molar-refractivity contribution in [3.8, 4) is 5.69 Å². The molecule has 2 aromatic heterocycles. The van der Waals surface area contributed by atoms with Gasteiger partial charge < -0.3 is 10.6 Å². The summed E-state index contributed by atoms with van der Waals surface area (Å²) >= 11 is 0. The first-order chi connectivity index (χ1) is 14.3. The fraction of sp³-hybridized carbons (Fsp3) is 0.200. The van der Waals surface area contributed by atoms with E-state index in [1.165, 1.54) is 4.68 Å². The zero-order chi connectivity index (χ0) is 21.3. The summed E-state index contributed by atoms with van der Waals surface area (Å²) in [6.45, 7) is 2.10. The van der Waals surface area contributed by atoms with Gasteiger partial charge in [-0.2, -0.15) is 5.10 Å². The second-order valence-corrected chi connectivity index (χ2v) is 9.11. The summed E-state index contributed by atoms with van der Waals surface area (Å²) in [6.07, 6.45) is 3.18. The van der Waals surface area contributed by atoms with Crippen LogP contribution in [0.4, 0.5) is 5.82 Å². The fourth-order valence-corrected chi connectivity index (χ4v) is 4.67. The lowest BCUT2D eigenvalue weighted by Gasteiger charge is -2.11. The van der Waals surface area contributed by atoms with Gasteiger partial charge in [-0.25, -0.2) is 13.1 Å². The van der Waals surface area contributed by atoms with Gasteiger partial charge in [0.1, 0.15) is 5.82 Å². The maximum Gasteiger partial charge on any atom is 0.314 e. The van der Waals surface area contributed by atoms with Crippen molar-refractivity contribution in [2.45, 2.75) is 25.0 Å². The molecule has 0 aliphatic carbocycles. The van der Waals surface area contributed by atoms with Crippen molar-refractivity contribution in [3.05, 3.63) is 71.2 Å². The first kappa shape index (κ1) is 19.8. The Labute approximate surface area is 173 Å². The molecule has 0 unspecified atom stereocenters. The Morgan fingerprint density at radius 1 is 1.03 bits per heavy atom. The van der Waals surface area contributed by atoms with Crippen molar-refractivity contribution in [2.24, 2.45) is 0 Å². The van der Waals surface area contributed by atoms with Gasteiger partial charge in [-0.3, -0.25) is 14.6 Å². The number of nitrogens with one attached hydrogen (secondary N) is 2. The van der Waals surface area contributed by atoms with Crippen LogP contribution in [0.15, 0.2) is 48.8 Å². The number of aromatic nitrogens is 3. The Bertz CT molecular complexity index is 1220. The third kappa shape index (κ3) is 4.08. The standard InChI is InChI=1S/C20H19N5O4S/c1-13-2-4-15(5-3-13)25-18(16-11-30(28,29)12-17(16)24-25)23-20(27)19(26)22-10-14-6-8-21-9-7-14/h2-9H,10-12H2,1H3,(H,22,26)(H,23,27). The van der Waals surface area contributed by atoms with Gasteiger partial charge in [-0.1, -0.05) is 17.7 Å². The van der Waals surface area contributed by atoms with Gasteiger partial charge in [0.05, 0.1) is 22.9 Å².